The molecule has 2 aromatic heterocycles. The van der Waals surface area contributed by atoms with Gasteiger partial charge >= 0.3 is 0 Å². The van der Waals surface area contributed by atoms with Crippen LogP contribution in [0.3, 0.4) is 0 Å². The molecule has 0 aromatic carbocycles. The van der Waals surface area contributed by atoms with Crippen molar-refractivity contribution in [3.63, 3.8) is 0 Å². The number of hydrogen-bond donors (Lipinski definition) is 1. The number of rotatable bonds is 3. The Balaban J connectivity index is 2.33. The van der Waals surface area contributed by atoms with Crippen LogP contribution in [0.5, 0.6) is 0 Å². The average molecular weight is 203 g/mol. The minimum atomic E-state index is 0.469. The highest BCUT2D eigenvalue weighted by molar-refractivity contribution is 5.69. The molecular formula is C11H13N3O. The molecule has 0 unspecified atom stereocenters. The summed E-state index contributed by atoms with van der Waals surface area (Å²) in [4.78, 5) is 4.00. The molecule has 0 aliphatic rings. The van der Waals surface area contributed by atoms with Crippen LogP contribution in [0, 0.1) is 0 Å². The SMILES string of the molecule is CCCc1cc(-c2cccnc2N)on1. The molecule has 0 radical (unpaired) electrons. The van der Waals surface area contributed by atoms with E-state index in [1.54, 1.807) is 6.20 Å². The smallest absolute Gasteiger partial charge is 0.170 e. The predicted octanol–water partition coefficient (Wildman–Crippen LogP) is 2.27. The second-order valence-electron chi connectivity index (χ2n) is 3.37. The van der Waals surface area contributed by atoms with E-state index in [0.717, 1.165) is 24.1 Å². The highest BCUT2D eigenvalue weighted by Gasteiger charge is 2.09. The van der Waals surface area contributed by atoms with Crippen molar-refractivity contribution in [2.75, 3.05) is 5.73 Å². The Morgan fingerprint density at radius 2 is 2.33 bits per heavy atom. The maximum absolute atomic E-state index is 5.74. The summed E-state index contributed by atoms with van der Waals surface area (Å²) >= 11 is 0. The van der Waals surface area contributed by atoms with Crippen LogP contribution in [-0.4, -0.2) is 10.1 Å². The monoisotopic (exact) mass is 203 g/mol. The molecule has 0 amide bonds. The van der Waals surface area contributed by atoms with Crippen LogP contribution in [0.15, 0.2) is 28.9 Å². The Bertz CT molecular complexity index is 451. The minimum Gasteiger partial charge on any atom is -0.383 e. The van der Waals surface area contributed by atoms with E-state index in [1.165, 1.54) is 0 Å². The fourth-order valence-electron chi connectivity index (χ4n) is 1.44. The standard InChI is InChI=1S/C11H13N3O/c1-2-4-8-7-10(15-14-8)9-5-3-6-13-11(9)12/h3,5-7H,2,4H2,1H3,(H2,12,13). The first kappa shape index (κ1) is 9.71. The van der Waals surface area contributed by atoms with Gasteiger partial charge in [0, 0.05) is 12.3 Å². The van der Waals surface area contributed by atoms with E-state index in [2.05, 4.69) is 17.1 Å². The van der Waals surface area contributed by atoms with Crippen molar-refractivity contribution in [2.45, 2.75) is 19.8 Å². The third kappa shape index (κ3) is 1.98. The molecule has 0 bridgehead atoms. The van der Waals surface area contributed by atoms with Crippen LogP contribution < -0.4 is 5.73 Å². The number of aryl methyl sites for hydroxylation is 1. The van der Waals surface area contributed by atoms with Crippen molar-refractivity contribution >= 4 is 5.82 Å². The molecule has 4 heteroatoms. The molecule has 0 aliphatic heterocycles. The summed E-state index contributed by atoms with van der Waals surface area (Å²) in [6, 6.07) is 5.61. The minimum absolute atomic E-state index is 0.469. The first-order chi connectivity index (χ1) is 7.31. The summed E-state index contributed by atoms with van der Waals surface area (Å²) in [6.45, 7) is 2.10. The number of hydrogen-bond acceptors (Lipinski definition) is 4. The fraction of sp³-hybridized carbons (Fsp3) is 0.273. The molecule has 0 saturated carbocycles. The second-order valence-corrected chi connectivity index (χ2v) is 3.37. The van der Waals surface area contributed by atoms with Gasteiger partial charge in [0.25, 0.3) is 0 Å². The topological polar surface area (TPSA) is 64.9 Å². The molecule has 4 nitrogen and oxygen atoms in total. The lowest BCUT2D eigenvalue weighted by molar-refractivity contribution is 0.423. The molecule has 0 aliphatic carbocycles. The van der Waals surface area contributed by atoms with Crippen LogP contribution in [0.1, 0.15) is 19.0 Å². The van der Waals surface area contributed by atoms with Gasteiger partial charge in [0.05, 0.1) is 11.3 Å². The van der Waals surface area contributed by atoms with E-state index < -0.39 is 0 Å². The number of nitrogens with zero attached hydrogens (tertiary/aromatic N) is 2. The Hall–Kier alpha value is -1.84. The molecule has 0 atom stereocenters. The van der Waals surface area contributed by atoms with Gasteiger partial charge in [0.2, 0.25) is 0 Å². The van der Waals surface area contributed by atoms with Crippen molar-refractivity contribution < 1.29 is 4.52 Å². The number of pyridine rings is 1. The largest absolute Gasteiger partial charge is 0.383 e. The third-order valence-electron chi connectivity index (χ3n) is 2.17. The lowest BCUT2D eigenvalue weighted by Gasteiger charge is -1.97. The molecule has 15 heavy (non-hydrogen) atoms. The first-order valence-corrected chi connectivity index (χ1v) is 4.97. The van der Waals surface area contributed by atoms with Crippen LogP contribution in [0.2, 0.25) is 0 Å². The Kier molecular flexibility index (Phi) is 2.67. The van der Waals surface area contributed by atoms with Crippen molar-refractivity contribution in [1.82, 2.24) is 10.1 Å². The van der Waals surface area contributed by atoms with Crippen molar-refractivity contribution in [3.05, 3.63) is 30.1 Å². The van der Waals surface area contributed by atoms with Crippen molar-refractivity contribution in [1.29, 1.82) is 0 Å². The number of aromatic nitrogens is 2. The van der Waals surface area contributed by atoms with Gasteiger partial charge < -0.3 is 10.3 Å². The van der Waals surface area contributed by atoms with E-state index in [-0.39, 0.29) is 0 Å². The van der Waals surface area contributed by atoms with Gasteiger partial charge in [0.15, 0.2) is 5.76 Å². The Labute approximate surface area is 88.1 Å². The van der Waals surface area contributed by atoms with E-state index in [0.29, 0.717) is 11.6 Å². The lowest BCUT2D eigenvalue weighted by atomic mass is 10.1. The Morgan fingerprint density at radius 3 is 3.07 bits per heavy atom. The van der Waals surface area contributed by atoms with Gasteiger partial charge in [-0.3, -0.25) is 0 Å². The van der Waals surface area contributed by atoms with Gasteiger partial charge in [-0.05, 0) is 18.6 Å². The summed E-state index contributed by atoms with van der Waals surface area (Å²) in [5, 5.41) is 3.97. The molecule has 0 spiro atoms. The van der Waals surface area contributed by atoms with Gasteiger partial charge in [0.1, 0.15) is 5.82 Å². The molecule has 2 heterocycles. The number of nitrogen functional groups attached to an aromatic ring is 1. The van der Waals surface area contributed by atoms with Crippen LogP contribution in [-0.2, 0) is 6.42 Å². The summed E-state index contributed by atoms with van der Waals surface area (Å²) in [6.07, 6.45) is 3.63. The van der Waals surface area contributed by atoms with Gasteiger partial charge in [-0.15, -0.1) is 0 Å². The zero-order valence-electron chi connectivity index (χ0n) is 8.60. The summed E-state index contributed by atoms with van der Waals surface area (Å²) < 4.78 is 5.21. The number of nitrogens with two attached hydrogens (primary N) is 1. The first-order valence-electron chi connectivity index (χ1n) is 4.97. The fourth-order valence-corrected chi connectivity index (χ4v) is 1.44. The average Bonchev–Trinajstić information content (AvgIpc) is 2.68. The third-order valence-corrected chi connectivity index (χ3v) is 2.17. The highest BCUT2D eigenvalue weighted by Crippen LogP contribution is 2.24. The van der Waals surface area contributed by atoms with Crippen molar-refractivity contribution in [2.24, 2.45) is 0 Å². The molecule has 2 N–H and O–H groups in total. The van der Waals surface area contributed by atoms with Crippen LogP contribution >= 0.6 is 0 Å². The second kappa shape index (κ2) is 4.13. The van der Waals surface area contributed by atoms with E-state index >= 15 is 0 Å². The number of anilines is 1. The normalized spacial score (nSPS) is 10.5. The van der Waals surface area contributed by atoms with Crippen LogP contribution in [0.4, 0.5) is 5.82 Å². The van der Waals surface area contributed by atoms with Crippen molar-refractivity contribution in [3.8, 4) is 11.3 Å². The lowest BCUT2D eigenvalue weighted by Crippen LogP contribution is -1.91. The zero-order valence-corrected chi connectivity index (χ0v) is 8.60. The molecule has 2 aromatic rings. The summed E-state index contributed by atoms with van der Waals surface area (Å²) in [5.41, 5.74) is 7.49. The molecular weight excluding hydrogens is 190 g/mol. The van der Waals surface area contributed by atoms with E-state index in [4.69, 9.17) is 10.3 Å². The highest BCUT2D eigenvalue weighted by atomic mass is 16.5. The van der Waals surface area contributed by atoms with Crippen LogP contribution in [0.25, 0.3) is 11.3 Å². The van der Waals surface area contributed by atoms with E-state index in [9.17, 15) is 0 Å². The summed E-state index contributed by atoms with van der Waals surface area (Å²) in [5.74, 6) is 1.15. The zero-order chi connectivity index (χ0) is 10.7. The maximum atomic E-state index is 5.74. The molecule has 0 saturated heterocycles. The van der Waals surface area contributed by atoms with Gasteiger partial charge in [-0.1, -0.05) is 18.5 Å². The maximum Gasteiger partial charge on any atom is 0.170 e. The molecule has 78 valence electrons. The van der Waals surface area contributed by atoms with Gasteiger partial charge in [-0.25, -0.2) is 4.98 Å². The summed E-state index contributed by atoms with van der Waals surface area (Å²) in [7, 11) is 0. The molecule has 0 fully saturated rings. The molecule has 2 rings (SSSR count). The van der Waals surface area contributed by atoms with E-state index in [1.807, 2.05) is 18.2 Å². The Morgan fingerprint density at radius 1 is 1.47 bits per heavy atom. The van der Waals surface area contributed by atoms with Gasteiger partial charge in [-0.2, -0.15) is 0 Å². The quantitative estimate of drug-likeness (QED) is 0.831. The predicted molar refractivity (Wildman–Crippen MR) is 58.1 cm³/mol.